The first-order chi connectivity index (χ1) is 17.2. The molecule has 1 amide bonds. The number of amides is 1. The number of pyridine rings is 1. The normalized spacial score (nSPS) is 29.4. The van der Waals surface area contributed by atoms with E-state index in [2.05, 4.69) is 15.6 Å². The zero-order valence-corrected chi connectivity index (χ0v) is 20.9. The lowest BCUT2D eigenvalue weighted by Gasteiger charge is -2.33. The van der Waals surface area contributed by atoms with Crippen LogP contribution in [0.1, 0.15) is 51.0 Å². The number of carbonyl (C=O) groups is 1. The molecule has 2 aromatic rings. The van der Waals surface area contributed by atoms with Crippen molar-refractivity contribution in [1.82, 2.24) is 10.3 Å². The number of hydrogen-bond donors (Lipinski definition) is 2. The van der Waals surface area contributed by atoms with Crippen molar-refractivity contribution in [2.75, 3.05) is 19.0 Å². The zero-order valence-electron chi connectivity index (χ0n) is 20.9. The van der Waals surface area contributed by atoms with Crippen molar-refractivity contribution >= 4 is 11.6 Å². The number of rotatable bonds is 5. The third-order valence-corrected chi connectivity index (χ3v) is 7.17. The molecule has 202 valence electrons. The molecule has 5 atom stereocenters. The summed E-state index contributed by atoms with van der Waals surface area (Å²) >= 11 is 0. The van der Waals surface area contributed by atoms with Gasteiger partial charge in [0.2, 0.25) is 11.7 Å². The van der Waals surface area contributed by atoms with Crippen LogP contribution in [0.3, 0.4) is 0 Å². The number of carbonyl (C=O) groups excluding carboxylic acids is 1. The molecule has 12 heteroatoms. The summed E-state index contributed by atoms with van der Waals surface area (Å²) in [7, 11) is 1.08. The van der Waals surface area contributed by atoms with Crippen LogP contribution in [0.4, 0.5) is 27.6 Å². The van der Waals surface area contributed by atoms with Crippen LogP contribution in [-0.4, -0.2) is 48.2 Å². The van der Waals surface area contributed by atoms with Crippen LogP contribution in [-0.2, 0) is 14.3 Å². The van der Waals surface area contributed by atoms with Crippen LogP contribution < -0.4 is 15.4 Å². The molecule has 4 rings (SSSR count). The SMILES string of the molecule is COc1c([C@H]2[C@H](C(=O)Nc3ccc([C@@H]4COC(C)(C)O4)nc3)NC(C)(C(F)(F)F)[C@H]2C)ccc(F)c1F. The van der Waals surface area contributed by atoms with E-state index < -0.39 is 64.8 Å². The van der Waals surface area contributed by atoms with Crippen LogP contribution in [0.2, 0.25) is 0 Å². The van der Waals surface area contributed by atoms with Crippen molar-refractivity contribution in [3.63, 3.8) is 0 Å². The fourth-order valence-corrected chi connectivity index (χ4v) is 4.95. The minimum atomic E-state index is -4.74. The van der Waals surface area contributed by atoms with Gasteiger partial charge in [-0.05, 0) is 44.9 Å². The first-order valence-corrected chi connectivity index (χ1v) is 11.6. The zero-order chi connectivity index (χ0) is 27.3. The summed E-state index contributed by atoms with van der Waals surface area (Å²) in [6.07, 6.45) is -3.79. The van der Waals surface area contributed by atoms with Crippen LogP contribution in [0.15, 0.2) is 30.5 Å². The maximum Gasteiger partial charge on any atom is 0.406 e. The predicted molar refractivity (Wildman–Crippen MR) is 123 cm³/mol. The van der Waals surface area contributed by atoms with Gasteiger partial charge in [-0.2, -0.15) is 17.6 Å². The Morgan fingerprint density at radius 2 is 1.89 bits per heavy atom. The van der Waals surface area contributed by atoms with Gasteiger partial charge < -0.3 is 19.5 Å². The monoisotopic (exact) mass is 529 g/mol. The molecule has 3 heterocycles. The highest BCUT2D eigenvalue weighted by atomic mass is 19.4. The van der Waals surface area contributed by atoms with E-state index in [4.69, 9.17) is 14.2 Å². The molecule has 0 bridgehead atoms. The number of aromatic nitrogens is 1. The Bertz CT molecular complexity index is 1170. The highest BCUT2D eigenvalue weighted by molar-refractivity contribution is 5.96. The predicted octanol–water partition coefficient (Wildman–Crippen LogP) is 4.84. The molecular weight excluding hydrogens is 501 g/mol. The van der Waals surface area contributed by atoms with E-state index in [-0.39, 0.29) is 11.3 Å². The second kappa shape index (κ2) is 9.48. The summed E-state index contributed by atoms with van der Waals surface area (Å²) in [5, 5.41) is 4.99. The van der Waals surface area contributed by atoms with Gasteiger partial charge in [0.1, 0.15) is 11.6 Å². The van der Waals surface area contributed by atoms with Gasteiger partial charge in [0, 0.05) is 11.5 Å². The van der Waals surface area contributed by atoms with E-state index >= 15 is 0 Å². The molecule has 2 fully saturated rings. The van der Waals surface area contributed by atoms with Crippen LogP contribution in [0, 0.1) is 17.6 Å². The molecule has 1 aromatic heterocycles. The highest BCUT2D eigenvalue weighted by Gasteiger charge is 2.64. The lowest BCUT2D eigenvalue weighted by atomic mass is 9.76. The number of hydrogen-bond acceptors (Lipinski definition) is 6. The molecule has 2 N–H and O–H groups in total. The molecular formula is C25H28F5N3O4. The third-order valence-electron chi connectivity index (χ3n) is 7.17. The second-order valence-electron chi connectivity index (χ2n) is 9.90. The Balaban J connectivity index is 1.64. The first kappa shape index (κ1) is 27.2. The minimum Gasteiger partial charge on any atom is -0.493 e. The number of benzene rings is 1. The fourth-order valence-electron chi connectivity index (χ4n) is 4.95. The van der Waals surface area contributed by atoms with Gasteiger partial charge in [0.05, 0.1) is 37.3 Å². The number of nitrogens with one attached hydrogen (secondary N) is 2. The smallest absolute Gasteiger partial charge is 0.406 e. The van der Waals surface area contributed by atoms with Gasteiger partial charge in [-0.3, -0.25) is 15.1 Å². The van der Waals surface area contributed by atoms with Crippen molar-refractivity contribution in [2.45, 2.75) is 63.3 Å². The second-order valence-corrected chi connectivity index (χ2v) is 9.90. The molecule has 2 saturated heterocycles. The molecule has 0 aliphatic carbocycles. The lowest BCUT2D eigenvalue weighted by molar-refractivity contribution is -0.198. The van der Waals surface area contributed by atoms with Gasteiger partial charge >= 0.3 is 6.18 Å². The van der Waals surface area contributed by atoms with Crippen molar-refractivity contribution in [1.29, 1.82) is 0 Å². The molecule has 0 spiro atoms. The standard InChI is InChI=1S/C25H28F5N3O4/c1-12-18(14-7-8-15(26)19(27)21(14)35-5)20(33-24(12,4)25(28,29)30)22(34)32-13-6-9-16(31-10-13)17-11-36-23(2,3)37-17/h6-10,12,17-18,20,33H,11H2,1-5H3,(H,32,34)/t12-,17-,18-,20+,24?/m0/s1. The van der Waals surface area contributed by atoms with Gasteiger partial charge in [0.25, 0.3) is 0 Å². The Hall–Kier alpha value is -2.83. The van der Waals surface area contributed by atoms with Gasteiger partial charge in [-0.15, -0.1) is 0 Å². The summed E-state index contributed by atoms with van der Waals surface area (Å²) < 4.78 is 87.0. The average Bonchev–Trinajstić information content (AvgIpc) is 3.33. The maximum atomic E-state index is 14.5. The van der Waals surface area contributed by atoms with E-state index in [1.54, 1.807) is 26.0 Å². The fraction of sp³-hybridized carbons (Fsp3) is 0.520. The number of alkyl halides is 3. The quantitative estimate of drug-likeness (QED) is 0.540. The Kier molecular flexibility index (Phi) is 6.97. The molecule has 1 aromatic carbocycles. The lowest BCUT2D eigenvalue weighted by Crippen LogP contribution is -2.56. The Labute approximate surface area is 210 Å². The molecule has 0 radical (unpaired) electrons. The first-order valence-electron chi connectivity index (χ1n) is 11.6. The number of anilines is 1. The molecule has 1 unspecified atom stereocenters. The average molecular weight is 530 g/mol. The largest absolute Gasteiger partial charge is 0.493 e. The summed E-state index contributed by atoms with van der Waals surface area (Å²) in [5.41, 5.74) is -1.75. The third kappa shape index (κ3) is 4.89. The van der Waals surface area contributed by atoms with E-state index in [0.29, 0.717) is 12.3 Å². The number of nitrogens with zero attached hydrogens (tertiary/aromatic N) is 1. The maximum absolute atomic E-state index is 14.5. The molecule has 7 nitrogen and oxygen atoms in total. The summed E-state index contributed by atoms with van der Waals surface area (Å²) in [4.78, 5) is 17.6. The summed E-state index contributed by atoms with van der Waals surface area (Å²) in [5.74, 6) is -7.10. The molecule has 2 aliphatic rings. The van der Waals surface area contributed by atoms with E-state index in [9.17, 15) is 26.7 Å². The van der Waals surface area contributed by atoms with Crippen LogP contribution >= 0.6 is 0 Å². The molecule has 0 saturated carbocycles. The van der Waals surface area contributed by atoms with E-state index in [1.165, 1.54) is 13.1 Å². The van der Waals surface area contributed by atoms with Crippen LogP contribution in [0.5, 0.6) is 5.75 Å². The van der Waals surface area contributed by atoms with Gasteiger partial charge in [-0.1, -0.05) is 13.0 Å². The number of halogens is 5. The molecule has 37 heavy (non-hydrogen) atoms. The Morgan fingerprint density at radius 1 is 1.19 bits per heavy atom. The number of ether oxygens (including phenoxy) is 3. The minimum absolute atomic E-state index is 0.0519. The highest BCUT2D eigenvalue weighted by Crippen LogP contribution is 2.51. The number of methoxy groups -OCH3 is 1. The van der Waals surface area contributed by atoms with Crippen molar-refractivity contribution in [2.24, 2.45) is 5.92 Å². The van der Waals surface area contributed by atoms with Crippen molar-refractivity contribution in [3.8, 4) is 5.75 Å². The van der Waals surface area contributed by atoms with Gasteiger partial charge in [-0.25, -0.2) is 4.39 Å². The van der Waals surface area contributed by atoms with Crippen molar-refractivity contribution < 1.29 is 41.0 Å². The summed E-state index contributed by atoms with van der Waals surface area (Å²) in [6, 6.07) is 3.66. The molecule has 2 aliphatic heterocycles. The van der Waals surface area contributed by atoms with Crippen molar-refractivity contribution in [3.05, 3.63) is 53.4 Å². The van der Waals surface area contributed by atoms with Crippen LogP contribution in [0.25, 0.3) is 0 Å². The Morgan fingerprint density at radius 3 is 2.43 bits per heavy atom. The summed E-state index contributed by atoms with van der Waals surface area (Å²) in [6.45, 7) is 6.07. The van der Waals surface area contributed by atoms with E-state index in [1.807, 2.05) is 0 Å². The van der Waals surface area contributed by atoms with Gasteiger partial charge in [0.15, 0.2) is 17.4 Å². The topological polar surface area (TPSA) is 81.7 Å². The van der Waals surface area contributed by atoms with E-state index in [0.717, 1.165) is 26.2 Å².